The molecule has 1 unspecified atom stereocenters. The zero-order valence-electron chi connectivity index (χ0n) is 9.95. The molecule has 1 aromatic rings. The summed E-state index contributed by atoms with van der Waals surface area (Å²) >= 11 is 0. The van der Waals surface area contributed by atoms with E-state index in [2.05, 4.69) is 22.5 Å². The molecule has 3 nitrogen and oxygen atoms in total. The monoisotopic (exact) mass is 219 g/mol. The highest BCUT2D eigenvalue weighted by Gasteiger charge is 2.26. The Labute approximate surface area is 97.7 Å². The van der Waals surface area contributed by atoms with Gasteiger partial charge in [0.1, 0.15) is 0 Å². The second-order valence-electron chi connectivity index (χ2n) is 4.60. The van der Waals surface area contributed by atoms with Crippen LogP contribution in [0.4, 0.5) is 5.69 Å². The van der Waals surface area contributed by atoms with Crippen LogP contribution in [0.25, 0.3) is 0 Å². The fourth-order valence-corrected chi connectivity index (χ4v) is 1.88. The van der Waals surface area contributed by atoms with Crippen LogP contribution in [0.5, 0.6) is 0 Å². The average Bonchev–Trinajstić information content (AvgIpc) is 3.13. The van der Waals surface area contributed by atoms with Crippen molar-refractivity contribution in [2.24, 2.45) is 5.92 Å². The summed E-state index contributed by atoms with van der Waals surface area (Å²) in [5.41, 5.74) is 1.16. The van der Waals surface area contributed by atoms with Crippen molar-refractivity contribution < 1.29 is 0 Å². The Hall–Kier alpha value is -1.09. The molecule has 0 aromatic carbocycles. The van der Waals surface area contributed by atoms with E-state index in [1.54, 1.807) is 0 Å². The molecule has 0 saturated heterocycles. The van der Waals surface area contributed by atoms with Crippen LogP contribution in [0.2, 0.25) is 0 Å². The van der Waals surface area contributed by atoms with Gasteiger partial charge in [0.2, 0.25) is 0 Å². The van der Waals surface area contributed by atoms with Gasteiger partial charge in [-0.15, -0.1) is 0 Å². The smallest absolute Gasteiger partial charge is 0.0371 e. The van der Waals surface area contributed by atoms with E-state index in [1.807, 2.05) is 24.5 Å². The lowest BCUT2D eigenvalue weighted by atomic mass is 10.2. The Balaban J connectivity index is 1.52. The van der Waals surface area contributed by atoms with Crippen molar-refractivity contribution in [2.75, 3.05) is 18.4 Å². The molecule has 1 saturated carbocycles. The Morgan fingerprint density at radius 2 is 2.06 bits per heavy atom. The number of rotatable bonds is 7. The number of hydrogen-bond donors (Lipinski definition) is 2. The number of nitrogens with zero attached hydrogens (tertiary/aromatic N) is 1. The fraction of sp³-hybridized carbons (Fsp3) is 0.615. The van der Waals surface area contributed by atoms with Gasteiger partial charge in [-0.05, 0) is 50.8 Å². The second-order valence-corrected chi connectivity index (χ2v) is 4.60. The number of pyridine rings is 1. The predicted molar refractivity (Wildman–Crippen MR) is 67.5 cm³/mol. The topological polar surface area (TPSA) is 37.0 Å². The van der Waals surface area contributed by atoms with Gasteiger partial charge in [0.05, 0.1) is 0 Å². The number of nitrogens with one attached hydrogen (secondary N) is 2. The third-order valence-electron chi connectivity index (χ3n) is 3.16. The van der Waals surface area contributed by atoms with Gasteiger partial charge in [0.15, 0.2) is 0 Å². The van der Waals surface area contributed by atoms with Crippen LogP contribution in [0, 0.1) is 5.92 Å². The summed E-state index contributed by atoms with van der Waals surface area (Å²) in [6.07, 6.45) is 7.64. The quantitative estimate of drug-likeness (QED) is 0.691. The number of aromatic nitrogens is 1. The molecule has 2 rings (SSSR count). The summed E-state index contributed by atoms with van der Waals surface area (Å²) < 4.78 is 0. The fourth-order valence-electron chi connectivity index (χ4n) is 1.88. The minimum absolute atomic E-state index is 0.709. The highest BCUT2D eigenvalue weighted by atomic mass is 14.9. The first-order chi connectivity index (χ1) is 7.86. The SMILES string of the molecule is CC(NCCCNc1ccncc1)C1CC1. The van der Waals surface area contributed by atoms with E-state index in [0.717, 1.165) is 24.7 Å². The van der Waals surface area contributed by atoms with Crippen LogP contribution in [0.3, 0.4) is 0 Å². The zero-order valence-corrected chi connectivity index (χ0v) is 9.95. The van der Waals surface area contributed by atoms with E-state index < -0.39 is 0 Å². The summed E-state index contributed by atoms with van der Waals surface area (Å²) in [7, 11) is 0. The number of hydrogen-bond acceptors (Lipinski definition) is 3. The minimum Gasteiger partial charge on any atom is -0.385 e. The van der Waals surface area contributed by atoms with E-state index in [-0.39, 0.29) is 0 Å². The van der Waals surface area contributed by atoms with Crippen LogP contribution in [-0.4, -0.2) is 24.1 Å². The highest BCUT2D eigenvalue weighted by molar-refractivity contribution is 5.40. The van der Waals surface area contributed by atoms with E-state index in [1.165, 1.54) is 19.3 Å². The second kappa shape index (κ2) is 5.85. The lowest BCUT2D eigenvalue weighted by molar-refractivity contribution is 0.494. The third kappa shape index (κ3) is 3.81. The Morgan fingerprint density at radius 3 is 2.75 bits per heavy atom. The number of anilines is 1. The molecule has 1 fully saturated rings. The first kappa shape index (κ1) is 11.4. The molecule has 1 aromatic heterocycles. The Bertz CT molecular complexity index is 295. The molecular formula is C13H21N3. The normalized spacial score (nSPS) is 17.1. The van der Waals surface area contributed by atoms with Gasteiger partial charge in [-0.1, -0.05) is 0 Å². The van der Waals surface area contributed by atoms with Gasteiger partial charge in [0.25, 0.3) is 0 Å². The molecule has 3 heteroatoms. The molecule has 0 bridgehead atoms. The van der Waals surface area contributed by atoms with Crippen molar-refractivity contribution in [1.29, 1.82) is 0 Å². The molecule has 1 atom stereocenters. The van der Waals surface area contributed by atoms with Crippen molar-refractivity contribution in [3.05, 3.63) is 24.5 Å². The summed E-state index contributed by atoms with van der Waals surface area (Å²) in [4.78, 5) is 3.99. The van der Waals surface area contributed by atoms with Crippen LogP contribution >= 0.6 is 0 Å². The lowest BCUT2D eigenvalue weighted by Gasteiger charge is -2.12. The Kier molecular flexibility index (Phi) is 4.17. The molecule has 0 radical (unpaired) electrons. The van der Waals surface area contributed by atoms with Crippen molar-refractivity contribution in [3.8, 4) is 0 Å². The summed E-state index contributed by atoms with van der Waals surface area (Å²) in [5.74, 6) is 0.952. The summed E-state index contributed by atoms with van der Waals surface area (Å²) in [6, 6.07) is 4.71. The molecule has 0 amide bonds. The molecule has 1 heterocycles. The van der Waals surface area contributed by atoms with Crippen LogP contribution in [0.15, 0.2) is 24.5 Å². The largest absolute Gasteiger partial charge is 0.385 e. The first-order valence-corrected chi connectivity index (χ1v) is 6.23. The third-order valence-corrected chi connectivity index (χ3v) is 3.16. The van der Waals surface area contributed by atoms with Gasteiger partial charge in [-0.25, -0.2) is 0 Å². The van der Waals surface area contributed by atoms with Crippen LogP contribution in [-0.2, 0) is 0 Å². The maximum atomic E-state index is 3.99. The molecule has 88 valence electrons. The summed E-state index contributed by atoms with van der Waals surface area (Å²) in [5, 5.41) is 6.96. The van der Waals surface area contributed by atoms with Gasteiger partial charge in [-0.3, -0.25) is 4.98 Å². The molecule has 1 aliphatic carbocycles. The van der Waals surface area contributed by atoms with E-state index >= 15 is 0 Å². The zero-order chi connectivity index (χ0) is 11.2. The van der Waals surface area contributed by atoms with Gasteiger partial charge >= 0.3 is 0 Å². The van der Waals surface area contributed by atoms with E-state index in [0.29, 0.717) is 6.04 Å². The molecule has 0 aliphatic heterocycles. The van der Waals surface area contributed by atoms with Crippen LogP contribution < -0.4 is 10.6 Å². The molecule has 0 spiro atoms. The van der Waals surface area contributed by atoms with Crippen molar-refractivity contribution >= 4 is 5.69 Å². The van der Waals surface area contributed by atoms with Gasteiger partial charge < -0.3 is 10.6 Å². The van der Waals surface area contributed by atoms with Gasteiger partial charge in [0, 0.05) is 30.7 Å². The lowest BCUT2D eigenvalue weighted by Crippen LogP contribution is -2.29. The van der Waals surface area contributed by atoms with Crippen LogP contribution in [0.1, 0.15) is 26.2 Å². The average molecular weight is 219 g/mol. The maximum Gasteiger partial charge on any atom is 0.0371 e. The Morgan fingerprint density at radius 1 is 1.31 bits per heavy atom. The highest BCUT2D eigenvalue weighted by Crippen LogP contribution is 2.32. The van der Waals surface area contributed by atoms with Crippen molar-refractivity contribution in [1.82, 2.24) is 10.3 Å². The molecule has 16 heavy (non-hydrogen) atoms. The maximum absolute atomic E-state index is 3.99. The molecule has 1 aliphatic rings. The van der Waals surface area contributed by atoms with E-state index in [4.69, 9.17) is 0 Å². The van der Waals surface area contributed by atoms with Crippen molar-refractivity contribution in [2.45, 2.75) is 32.2 Å². The van der Waals surface area contributed by atoms with Crippen molar-refractivity contribution in [3.63, 3.8) is 0 Å². The van der Waals surface area contributed by atoms with Gasteiger partial charge in [-0.2, -0.15) is 0 Å². The standard InChI is InChI=1S/C13H21N3/c1-11(12-3-4-12)15-7-2-8-16-13-5-9-14-10-6-13/h5-6,9-12,15H,2-4,7-8H2,1H3,(H,14,16). The van der Waals surface area contributed by atoms with E-state index in [9.17, 15) is 0 Å². The molecular weight excluding hydrogens is 198 g/mol. The predicted octanol–water partition coefficient (Wildman–Crippen LogP) is 2.27. The summed E-state index contributed by atoms with van der Waals surface area (Å²) in [6.45, 7) is 4.43. The molecule has 2 N–H and O–H groups in total. The first-order valence-electron chi connectivity index (χ1n) is 6.23. The minimum atomic E-state index is 0.709.